The standard InChI is InChI=1S/C27H25Cl3N2O4S/c1-5-36-23-16-21(37(4,34)35)14-15-22(23)24-31-26(2,17-6-10-19(28)11-7-17)27(3,32(24)25(30)33)18-8-12-20(29)13-9-18/h6-16H,5H2,1-4H3. The van der Waals surface area contributed by atoms with Crippen LogP contribution in [0.25, 0.3) is 0 Å². The Bertz CT molecular complexity index is 1490. The molecule has 0 saturated heterocycles. The van der Waals surface area contributed by atoms with Crippen LogP contribution in [-0.2, 0) is 20.9 Å². The third kappa shape index (κ3) is 4.74. The van der Waals surface area contributed by atoms with Crippen LogP contribution in [0, 0.1) is 0 Å². The van der Waals surface area contributed by atoms with E-state index in [2.05, 4.69) is 0 Å². The van der Waals surface area contributed by atoms with Crippen molar-refractivity contribution in [1.82, 2.24) is 4.90 Å². The quantitative estimate of drug-likeness (QED) is 0.232. The largest absolute Gasteiger partial charge is 0.493 e. The Morgan fingerprint density at radius 3 is 1.97 bits per heavy atom. The van der Waals surface area contributed by atoms with Gasteiger partial charge in [0.15, 0.2) is 9.84 Å². The minimum absolute atomic E-state index is 0.0861. The zero-order valence-electron chi connectivity index (χ0n) is 20.6. The van der Waals surface area contributed by atoms with Crippen LogP contribution in [0.1, 0.15) is 37.5 Å². The summed E-state index contributed by atoms with van der Waals surface area (Å²) >= 11 is 18.7. The van der Waals surface area contributed by atoms with Crippen LogP contribution < -0.4 is 4.74 Å². The van der Waals surface area contributed by atoms with Gasteiger partial charge in [-0.05, 0) is 86.0 Å². The first-order valence-electron chi connectivity index (χ1n) is 11.4. The minimum atomic E-state index is -3.51. The van der Waals surface area contributed by atoms with Crippen molar-refractivity contribution in [3.63, 3.8) is 0 Å². The lowest BCUT2D eigenvalue weighted by Gasteiger charge is -2.44. The average molecular weight is 580 g/mol. The first kappa shape index (κ1) is 27.5. The number of halogens is 3. The Hall–Kier alpha value is -2.58. The van der Waals surface area contributed by atoms with Gasteiger partial charge in [0.1, 0.15) is 22.7 Å². The van der Waals surface area contributed by atoms with Gasteiger partial charge in [-0.3, -0.25) is 14.7 Å². The summed E-state index contributed by atoms with van der Waals surface area (Å²) in [6, 6.07) is 18.9. The molecular formula is C27H25Cl3N2O4S. The maximum absolute atomic E-state index is 13.2. The third-order valence-corrected chi connectivity index (χ3v) is 8.63. The summed E-state index contributed by atoms with van der Waals surface area (Å²) in [5, 5.41) is 0.338. The molecule has 3 aromatic rings. The highest BCUT2D eigenvalue weighted by Gasteiger charge is 2.59. The molecule has 1 heterocycles. The summed E-state index contributed by atoms with van der Waals surface area (Å²) < 4.78 is 30.3. The van der Waals surface area contributed by atoms with E-state index in [1.54, 1.807) is 37.3 Å². The predicted octanol–water partition coefficient (Wildman–Crippen LogP) is 7.05. The van der Waals surface area contributed by atoms with Crippen molar-refractivity contribution < 1.29 is 17.9 Å². The summed E-state index contributed by atoms with van der Waals surface area (Å²) in [6.45, 7) is 5.85. The molecule has 0 radical (unpaired) electrons. The normalized spacial score (nSPS) is 21.6. The van der Waals surface area contributed by atoms with Crippen LogP contribution in [0.3, 0.4) is 0 Å². The first-order valence-corrected chi connectivity index (χ1v) is 14.4. The van der Waals surface area contributed by atoms with E-state index in [0.29, 0.717) is 15.6 Å². The molecule has 0 saturated carbocycles. The highest BCUT2D eigenvalue weighted by molar-refractivity contribution is 7.90. The second-order valence-corrected chi connectivity index (χ2v) is 12.3. The fraction of sp³-hybridized carbons (Fsp3) is 0.259. The Morgan fingerprint density at radius 2 is 1.49 bits per heavy atom. The number of carbonyl (C=O) groups excluding carboxylic acids is 1. The molecule has 0 N–H and O–H groups in total. The monoisotopic (exact) mass is 578 g/mol. The Balaban J connectivity index is 2.05. The Labute approximate surface area is 231 Å². The van der Waals surface area contributed by atoms with Crippen LogP contribution in [-0.4, -0.2) is 37.4 Å². The highest BCUT2D eigenvalue weighted by Crippen LogP contribution is 2.54. The van der Waals surface area contributed by atoms with Crippen LogP contribution >= 0.6 is 34.8 Å². The average Bonchev–Trinajstić information content (AvgIpc) is 3.08. The molecule has 1 aliphatic rings. The van der Waals surface area contributed by atoms with Gasteiger partial charge in [0.25, 0.3) is 0 Å². The molecule has 0 aromatic heterocycles. The second kappa shape index (κ2) is 9.95. The summed E-state index contributed by atoms with van der Waals surface area (Å²) in [5.41, 5.74) is -0.185. The van der Waals surface area contributed by atoms with Gasteiger partial charge in [-0.15, -0.1) is 0 Å². The van der Waals surface area contributed by atoms with Crippen LogP contribution in [0.2, 0.25) is 10.0 Å². The van der Waals surface area contributed by atoms with Crippen molar-refractivity contribution in [1.29, 1.82) is 0 Å². The molecule has 4 rings (SSSR count). The number of nitrogens with zero attached hydrogens (tertiary/aromatic N) is 2. The van der Waals surface area contributed by atoms with Gasteiger partial charge in [-0.2, -0.15) is 0 Å². The van der Waals surface area contributed by atoms with Gasteiger partial charge >= 0.3 is 5.37 Å². The molecule has 10 heteroatoms. The van der Waals surface area contributed by atoms with Crippen molar-refractivity contribution in [3.05, 3.63) is 93.5 Å². The number of rotatable bonds is 6. The van der Waals surface area contributed by atoms with E-state index in [-0.39, 0.29) is 23.1 Å². The second-order valence-electron chi connectivity index (χ2n) is 9.05. The Morgan fingerprint density at radius 1 is 0.946 bits per heavy atom. The summed E-state index contributed by atoms with van der Waals surface area (Å²) in [7, 11) is -3.51. The molecule has 3 aromatic carbocycles. The van der Waals surface area contributed by atoms with E-state index < -0.39 is 26.3 Å². The van der Waals surface area contributed by atoms with E-state index in [4.69, 9.17) is 44.5 Å². The molecule has 2 unspecified atom stereocenters. The zero-order valence-corrected chi connectivity index (χ0v) is 23.7. The maximum Gasteiger partial charge on any atom is 0.322 e. The number of carbonyl (C=O) groups is 1. The molecule has 0 spiro atoms. The van der Waals surface area contributed by atoms with E-state index in [1.165, 1.54) is 17.0 Å². The smallest absolute Gasteiger partial charge is 0.322 e. The van der Waals surface area contributed by atoms with Crippen LogP contribution in [0.15, 0.2) is 76.6 Å². The number of sulfone groups is 1. The fourth-order valence-corrected chi connectivity index (χ4v) is 5.87. The lowest BCUT2D eigenvalue weighted by molar-refractivity contribution is 0.149. The summed E-state index contributed by atoms with van der Waals surface area (Å²) in [5.74, 6) is 0.518. The topological polar surface area (TPSA) is 76.0 Å². The number of benzene rings is 3. The molecule has 6 nitrogen and oxygen atoms in total. The molecule has 37 heavy (non-hydrogen) atoms. The number of ether oxygens (including phenoxy) is 1. The molecule has 0 fully saturated rings. The number of hydrogen-bond donors (Lipinski definition) is 0. The van der Waals surface area contributed by atoms with Gasteiger partial charge in [0, 0.05) is 16.3 Å². The first-order chi connectivity index (χ1) is 17.3. The molecule has 0 bridgehead atoms. The number of amides is 1. The van der Waals surface area contributed by atoms with Crippen molar-refractivity contribution in [2.24, 2.45) is 4.99 Å². The van der Waals surface area contributed by atoms with Crippen LogP contribution in [0.5, 0.6) is 5.75 Å². The lowest BCUT2D eigenvalue weighted by Crippen LogP contribution is -2.53. The highest BCUT2D eigenvalue weighted by atomic mass is 35.5. The number of hydrogen-bond acceptors (Lipinski definition) is 5. The van der Waals surface area contributed by atoms with E-state index in [9.17, 15) is 13.2 Å². The Kier molecular flexibility index (Phi) is 7.38. The van der Waals surface area contributed by atoms with Gasteiger partial charge in [-0.25, -0.2) is 8.42 Å². The zero-order chi connectivity index (χ0) is 27.2. The van der Waals surface area contributed by atoms with Crippen molar-refractivity contribution in [2.75, 3.05) is 12.9 Å². The van der Waals surface area contributed by atoms with Gasteiger partial charge in [0.2, 0.25) is 0 Å². The molecule has 2 atom stereocenters. The molecule has 1 amide bonds. The van der Waals surface area contributed by atoms with Crippen molar-refractivity contribution in [2.45, 2.75) is 36.7 Å². The van der Waals surface area contributed by atoms with Crippen molar-refractivity contribution in [3.8, 4) is 5.75 Å². The van der Waals surface area contributed by atoms with E-state index >= 15 is 0 Å². The van der Waals surface area contributed by atoms with E-state index in [1.807, 2.05) is 38.1 Å². The lowest BCUT2D eigenvalue weighted by atomic mass is 9.71. The number of aliphatic imine (C=N–C) groups is 1. The predicted molar refractivity (Wildman–Crippen MR) is 148 cm³/mol. The maximum atomic E-state index is 13.2. The van der Waals surface area contributed by atoms with Gasteiger partial charge in [0.05, 0.1) is 17.1 Å². The fourth-order valence-electron chi connectivity index (χ4n) is 4.74. The summed E-state index contributed by atoms with van der Waals surface area (Å²) in [6.07, 6.45) is 1.12. The van der Waals surface area contributed by atoms with Gasteiger partial charge < -0.3 is 4.74 Å². The molecule has 1 aliphatic heterocycles. The van der Waals surface area contributed by atoms with Crippen molar-refractivity contribution >= 4 is 55.8 Å². The third-order valence-electron chi connectivity index (χ3n) is 6.85. The molecular weight excluding hydrogens is 555 g/mol. The van der Waals surface area contributed by atoms with Crippen LogP contribution in [0.4, 0.5) is 4.79 Å². The van der Waals surface area contributed by atoms with E-state index in [0.717, 1.165) is 17.4 Å². The number of amidine groups is 1. The summed E-state index contributed by atoms with van der Waals surface area (Å²) in [4.78, 5) is 19.8. The molecule has 194 valence electrons. The SMILES string of the molecule is CCOc1cc(S(C)(=O)=O)ccc1C1=NC(C)(c2ccc(Cl)cc2)C(C)(c2ccc(Cl)cc2)N1C(=O)Cl. The van der Waals surface area contributed by atoms with Gasteiger partial charge in [-0.1, -0.05) is 47.5 Å². The minimum Gasteiger partial charge on any atom is -0.493 e. The molecule has 0 aliphatic carbocycles.